The van der Waals surface area contributed by atoms with Crippen LogP contribution >= 0.6 is 15.9 Å². The smallest absolute Gasteiger partial charge is 0.321 e. The Labute approximate surface area is 157 Å². The molecule has 1 aromatic carbocycles. The molecule has 1 amide bonds. The van der Waals surface area contributed by atoms with Gasteiger partial charge in [0.25, 0.3) is 12.3 Å². The molecular formula is C16H10BrF5N4O. The molecule has 5 nitrogen and oxygen atoms in total. The third kappa shape index (κ3) is 3.77. The molecule has 142 valence electrons. The number of carbonyl (C=O) groups excluding carboxylic acids is 1. The minimum absolute atomic E-state index is 0.173. The Bertz CT molecular complexity index is 1030. The lowest BCUT2D eigenvalue weighted by Gasteiger charge is -2.14. The van der Waals surface area contributed by atoms with Crippen LogP contribution in [0.4, 0.5) is 27.6 Å². The van der Waals surface area contributed by atoms with Crippen LogP contribution in [0.3, 0.4) is 0 Å². The molecule has 2 aromatic heterocycles. The van der Waals surface area contributed by atoms with Crippen molar-refractivity contribution in [2.75, 3.05) is 5.32 Å². The molecule has 0 saturated carbocycles. The Kier molecular flexibility index (Phi) is 4.89. The van der Waals surface area contributed by atoms with Crippen molar-refractivity contribution in [3.63, 3.8) is 0 Å². The molecule has 0 fully saturated rings. The number of hydrogen-bond donors (Lipinski definition) is 1. The van der Waals surface area contributed by atoms with Gasteiger partial charge in [-0.2, -0.15) is 18.3 Å². The molecule has 0 unspecified atom stereocenters. The summed E-state index contributed by atoms with van der Waals surface area (Å²) in [5, 5.41) is 5.86. The van der Waals surface area contributed by atoms with Crippen LogP contribution < -0.4 is 5.32 Å². The van der Waals surface area contributed by atoms with Crippen LogP contribution in [0, 0.1) is 6.92 Å². The van der Waals surface area contributed by atoms with Gasteiger partial charge in [0, 0.05) is 10.2 Å². The summed E-state index contributed by atoms with van der Waals surface area (Å²) >= 11 is 2.95. The van der Waals surface area contributed by atoms with Crippen molar-refractivity contribution < 1.29 is 26.7 Å². The number of nitrogens with one attached hydrogen (secondary N) is 1. The molecule has 1 N–H and O–H groups in total. The lowest BCUT2D eigenvalue weighted by molar-refractivity contribution is -0.137. The van der Waals surface area contributed by atoms with E-state index >= 15 is 0 Å². The number of nitrogens with zero attached hydrogens (tertiary/aromatic N) is 3. The van der Waals surface area contributed by atoms with Crippen LogP contribution in [0.5, 0.6) is 0 Å². The zero-order chi connectivity index (χ0) is 19.9. The molecule has 0 aliphatic heterocycles. The van der Waals surface area contributed by atoms with E-state index in [0.29, 0.717) is 0 Å². The van der Waals surface area contributed by atoms with Crippen molar-refractivity contribution >= 4 is 33.2 Å². The number of alkyl halides is 5. The summed E-state index contributed by atoms with van der Waals surface area (Å²) < 4.78 is 66.8. The summed E-state index contributed by atoms with van der Waals surface area (Å²) in [6.07, 6.45) is -6.59. The van der Waals surface area contributed by atoms with E-state index in [0.717, 1.165) is 28.9 Å². The number of hydrogen-bond acceptors (Lipinski definition) is 3. The van der Waals surface area contributed by atoms with Gasteiger partial charge >= 0.3 is 6.18 Å². The van der Waals surface area contributed by atoms with Crippen molar-refractivity contribution in [3.8, 4) is 0 Å². The van der Waals surface area contributed by atoms with Gasteiger partial charge in [-0.3, -0.25) is 4.79 Å². The molecule has 0 aliphatic carbocycles. The average molecular weight is 449 g/mol. The monoisotopic (exact) mass is 448 g/mol. The predicted molar refractivity (Wildman–Crippen MR) is 89.8 cm³/mol. The maximum absolute atomic E-state index is 13.2. The summed E-state index contributed by atoms with van der Waals surface area (Å²) in [6, 6.07) is 4.35. The van der Waals surface area contributed by atoms with Crippen LogP contribution in [-0.4, -0.2) is 20.5 Å². The van der Waals surface area contributed by atoms with E-state index in [1.54, 1.807) is 0 Å². The molecule has 11 heteroatoms. The number of rotatable bonds is 3. The van der Waals surface area contributed by atoms with E-state index in [9.17, 15) is 26.7 Å². The van der Waals surface area contributed by atoms with Crippen LogP contribution in [0.2, 0.25) is 0 Å². The molecule has 0 radical (unpaired) electrons. The van der Waals surface area contributed by atoms with Gasteiger partial charge in [0.05, 0.1) is 17.4 Å². The second-order valence-electron chi connectivity index (χ2n) is 5.56. The molecule has 27 heavy (non-hydrogen) atoms. The highest BCUT2D eigenvalue weighted by molar-refractivity contribution is 9.10. The first-order chi connectivity index (χ1) is 12.6. The van der Waals surface area contributed by atoms with Crippen LogP contribution in [0.1, 0.15) is 33.7 Å². The number of aromatic nitrogens is 3. The van der Waals surface area contributed by atoms with Crippen molar-refractivity contribution in [2.45, 2.75) is 19.5 Å². The summed E-state index contributed by atoms with van der Waals surface area (Å²) in [6.45, 7) is 1.46. The highest BCUT2D eigenvalue weighted by Gasteiger charge is 2.34. The summed E-state index contributed by atoms with van der Waals surface area (Å²) in [7, 11) is 0. The van der Waals surface area contributed by atoms with E-state index in [1.807, 2.05) is 0 Å². The highest BCUT2D eigenvalue weighted by atomic mass is 79.9. The quantitative estimate of drug-likeness (QED) is 0.573. The minimum atomic E-state index is -4.70. The normalized spacial score (nSPS) is 12.0. The van der Waals surface area contributed by atoms with E-state index in [4.69, 9.17) is 0 Å². The Morgan fingerprint density at radius 1 is 1.26 bits per heavy atom. The Morgan fingerprint density at radius 2 is 1.96 bits per heavy atom. The van der Waals surface area contributed by atoms with Gasteiger partial charge in [-0.15, -0.1) is 0 Å². The Balaban J connectivity index is 2.04. The zero-order valence-electron chi connectivity index (χ0n) is 13.5. The largest absolute Gasteiger partial charge is 0.418 e. The molecule has 0 saturated heterocycles. The standard InChI is InChI=1S/C16H10BrF5N4O/c1-7-4-12(13(18)19)26-14(24-7)9(6-23-26)15(27)25-11-3-2-8(17)5-10(11)16(20,21)22/h2-6,13H,1H3,(H,25,27). The average Bonchev–Trinajstić information content (AvgIpc) is 2.98. The Hall–Kier alpha value is -2.56. The predicted octanol–water partition coefficient (Wildman–Crippen LogP) is 5.01. The third-order valence-corrected chi connectivity index (χ3v) is 4.12. The summed E-state index contributed by atoms with van der Waals surface area (Å²) in [5.74, 6) is -0.948. The van der Waals surface area contributed by atoms with Gasteiger partial charge in [0.15, 0.2) is 5.65 Å². The van der Waals surface area contributed by atoms with Crippen molar-refractivity contribution in [2.24, 2.45) is 0 Å². The number of halogens is 6. The Morgan fingerprint density at radius 3 is 2.59 bits per heavy atom. The highest BCUT2D eigenvalue weighted by Crippen LogP contribution is 2.36. The SMILES string of the molecule is Cc1cc(C(F)F)n2ncc(C(=O)Nc3ccc(Br)cc3C(F)(F)F)c2n1. The lowest BCUT2D eigenvalue weighted by atomic mass is 10.1. The molecule has 3 aromatic rings. The van der Waals surface area contributed by atoms with Crippen LogP contribution in [0.25, 0.3) is 5.65 Å². The first-order valence-electron chi connectivity index (χ1n) is 7.39. The third-order valence-electron chi connectivity index (χ3n) is 3.63. The number of benzene rings is 1. The molecule has 2 heterocycles. The maximum Gasteiger partial charge on any atom is 0.418 e. The minimum Gasteiger partial charge on any atom is -0.321 e. The molecular weight excluding hydrogens is 439 g/mol. The number of amides is 1. The van der Waals surface area contributed by atoms with Crippen LogP contribution in [-0.2, 0) is 6.18 Å². The van der Waals surface area contributed by atoms with Gasteiger partial charge in [-0.05, 0) is 31.2 Å². The number of aryl methyl sites for hydroxylation is 1. The molecule has 0 aliphatic rings. The second kappa shape index (κ2) is 6.87. The maximum atomic E-state index is 13.2. The van der Waals surface area contributed by atoms with Crippen molar-refractivity contribution in [3.05, 3.63) is 57.4 Å². The number of anilines is 1. The van der Waals surface area contributed by atoms with Gasteiger partial charge in [-0.1, -0.05) is 15.9 Å². The molecule has 0 spiro atoms. The number of fused-ring (bicyclic) bond motifs is 1. The number of carbonyl (C=O) groups is 1. The zero-order valence-corrected chi connectivity index (χ0v) is 15.1. The first-order valence-corrected chi connectivity index (χ1v) is 8.18. The summed E-state index contributed by atoms with van der Waals surface area (Å²) in [4.78, 5) is 16.5. The molecule has 3 rings (SSSR count). The van der Waals surface area contributed by atoms with Gasteiger partial charge < -0.3 is 5.32 Å². The van der Waals surface area contributed by atoms with E-state index in [-0.39, 0.29) is 21.4 Å². The topological polar surface area (TPSA) is 59.3 Å². The van der Waals surface area contributed by atoms with Crippen molar-refractivity contribution in [1.82, 2.24) is 14.6 Å². The summed E-state index contributed by atoms with van der Waals surface area (Å²) in [5.41, 5.74) is -2.19. The fourth-order valence-electron chi connectivity index (χ4n) is 2.48. The molecule has 0 atom stereocenters. The fraction of sp³-hybridized carbons (Fsp3) is 0.188. The van der Waals surface area contributed by atoms with Gasteiger partial charge in [0.1, 0.15) is 11.3 Å². The second-order valence-corrected chi connectivity index (χ2v) is 6.47. The lowest BCUT2D eigenvalue weighted by Crippen LogP contribution is -2.17. The fourth-order valence-corrected chi connectivity index (χ4v) is 2.84. The van der Waals surface area contributed by atoms with Gasteiger partial charge in [-0.25, -0.2) is 18.3 Å². The molecule has 0 bridgehead atoms. The van der Waals surface area contributed by atoms with Crippen molar-refractivity contribution in [1.29, 1.82) is 0 Å². The van der Waals surface area contributed by atoms with E-state index in [1.165, 1.54) is 13.0 Å². The van der Waals surface area contributed by atoms with E-state index < -0.39 is 35.5 Å². The van der Waals surface area contributed by atoms with Crippen LogP contribution in [0.15, 0.2) is 34.9 Å². The van der Waals surface area contributed by atoms with Gasteiger partial charge in [0.2, 0.25) is 0 Å². The first kappa shape index (κ1) is 19.2. The van der Waals surface area contributed by atoms with E-state index in [2.05, 4.69) is 31.3 Å².